The number of likely N-dealkylation sites (N-methyl/N-ethyl adjacent to an activating group) is 1. The summed E-state index contributed by atoms with van der Waals surface area (Å²) in [5, 5.41) is 3.49. The molecule has 1 heterocycles. The number of thiazole rings is 1. The molecular weight excluding hydrogens is 204 g/mol. The fraction of sp³-hybridized carbons (Fsp3) is 0.750. The van der Waals surface area contributed by atoms with Crippen LogP contribution in [0.1, 0.15) is 31.1 Å². The van der Waals surface area contributed by atoms with Crippen molar-refractivity contribution in [2.24, 2.45) is 11.8 Å². The van der Waals surface area contributed by atoms with Crippen molar-refractivity contribution in [3.05, 3.63) is 16.6 Å². The van der Waals surface area contributed by atoms with Crippen LogP contribution in [0.3, 0.4) is 0 Å². The van der Waals surface area contributed by atoms with Gasteiger partial charge in [-0.2, -0.15) is 0 Å². The molecule has 1 aromatic heterocycles. The van der Waals surface area contributed by atoms with Crippen LogP contribution in [0.25, 0.3) is 0 Å². The quantitative estimate of drug-likeness (QED) is 0.850. The van der Waals surface area contributed by atoms with E-state index in [1.165, 1.54) is 24.1 Å². The molecule has 1 aliphatic carbocycles. The second-order valence-electron chi connectivity index (χ2n) is 4.64. The van der Waals surface area contributed by atoms with Gasteiger partial charge in [0.15, 0.2) is 0 Å². The van der Waals surface area contributed by atoms with Crippen LogP contribution in [0.15, 0.2) is 11.7 Å². The lowest BCUT2D eigenvalue weighted by Crippen LogP contribution is -2.36. The summed E-state index contributed by atoms with van der Waals surface area (Å²) in [6.07, 6.45) is 7.37. The molecule has 1 N–H and O–H groups in total. The Morgan fingerprint density at radius 1 is 1.60 bits per heavy atom. The van der Waals surface area contributed by atoms with E-state index >= 15 is 0 Å². The molecule has 0 aromatic carbocycles. The van der Waals surface area contributed by atoms with Crippen LogP contribution in [-0.2, 0) is 6.42 Å². The summed E-state index contributed by atoms with van der Waals surface area (Å²) in [7, 11) is 2.09. The maximum absolute atomic E-state index is 4.15. The summed E-state index contributed by atoms with van der Waals surface area (Å²) in [4.78, 5) is 5.56. The van der Waals surface area contributed by atoms with Crippen molar-refractivity contribution >= 4 is 11.3 Å². The highest BCUT2D eigenvalue weighted by Gasteiger charge is 2.30. The molecule has 2 nitrogen and oxygen atoms in total. The van der Waals surface area contributed by atoms with Crippen molar-refractivity contribution < 1.29 is 0 Å². The molecule has 0 aliphatic heterocycles. The van der Waals surface area contributed by atoms with Gasteiger partial charge < -0.3 is 5.32 Å². The molecule has 1 saturated carbocycles. The van der Waals surface area contributed by atoms with Gasteiger partial charge in [-0.05, 0) is 31.7 Å². The summed E-state index contributed by atoms with van der Waals surface area (Å²) in [5.74, 6) is 1.74. The van der Waals surface area contributed by atoms with E-state index in [-0.39, 0.29) is 0 Å². The van der Waals surface area contributed by atoms with Crippen molar-refractivity contribution in [3.63, 3.8) is 0 Å². The molecule has 1 aromatic rings. The van der Waals surface area contributed by atoms with Crippen LogP contribution in [0.5, 0.6) is 0 Å². The van der Waals surface area contributed by atoms with Crippen LogP contribution in [-0.4, -0.2) is 18.1 Å². The average Bonchev–Trinajstić information content (AvgIpc) is 2.85. The number of nitrogens with zero attached hydrogens (tertiary/aromatic N) is 1. The molecule has 0 spiro atoms. The van der Waals surface area contributed by atoms with Crippen molar-refractivity contribution in [2.75, 3.05) is 7.05 Å². The molecule has 0 amide bonds. The molecule has 0 radical (unpaired) electrons. The molecule has 3 unspecified atom stereocenters. The second-order valence-corrected chi connectivity index (χ2v) is 5.61. The molecule has 1 aliphatic rings. The Bertz CT molecular complexity index is 284. The third-order valence-electron chi connectivity index (χ3n) is 3.72. The van der Waals surface area contributed by atoms with Gasteiger partial charge >= 0.3 is 0 Å². The predicted octanol–water partition coefficient (Wildman–Crippen LogP) is 2.71. The van der Waals surface area contributed by atoms with Gasteiger partial charge in [0.25, 0.3) is 0 Å². The molecule has 3 atom stereocenters. The minimum Gasteiger partial charge on any atom is -0.316 e. The Balaban J connectivity index is 1.97. The van der Waals surface area contributed by atoms with E-state index in [4.69, 9.17) is 0 Å². The van der Waals surface area contributed by atoms with Crippen LogP contribution < -0.4 is 5.32 Å². The molecule has 15 heavy (non-hydrogen) atoms. The Kier molecular flexibility index (Phi) is 3.76. The van der Waals surface area contributed by atoms with E-state index in [0.717, 1.165) is 18.3 Å². The van der Waals surface area contributed by atoms with Gasteiger partial charge in [0, 0.05) is 17.1 Å². The van der Waals surface area contributed by atoms with E-state index in [1.807, 2.05) is 11.7 Å². The zero-order chi connectivity index (χ0) is 10.7. The van der Waals surface area contributed by atoms with Gasteiger partial charge in [0.05, 0.1) is 5.51 Å². The molecule has 1 fully saturated rings. The van der Waals surface area contributed by atoms with Crippen molar-refractivity contribution in [1.29, 1.82) is 0 Å². The first kappa shape index (κ1) is 11.1. The minimum absolute atomic E-state index is 0.642. The number of rotatable bonds is 4. The van der Waals surface area contributed by atoms with E-state index in [1.54, 1.807) is 11.3 Å². The molecule has 3 heteroatoms. The van der Waals surface area contributed by atoms with E-state index in [9.17, 15) is 0 Å². The summed E-state index contributed by atoms with van der Waals surface area (Å²) in [6.45, 7) is 2.40. The fourth-order valence-electron chi connectivity index (χ4n) is 2.80. The summed E-state index contributed by atoms with van der Waals surface area (Å²) >= 11 is 1.78. The van der Waals surface area contributed by atoms with E-state index in [0.29, 0.717) is 6.04 Å². The van der Waals surface area contributed by atoms with Crippen LogP contribution in [0.2, 0.25) is 0 Å². The summed E-state index contributed by atoms with van der Waals surface area (Å²) < 4.78 is 0. The lowest BCUT2D eigenvalue weighted by atomic mass is 9.88. The van der Waals surface area contributed by atoms with E-state index in [2.05, 4.69) is 24.3 Å². The molecule has 0 bridgehead atoms. The molecular formula is C12H20N2S. The third kappa shape index (κ3) is 2.58. The fourth-order valence-corrected chi connectivity index (χ4v) is 3.45. The number of hydrogen-bond acceptors (Lipinski definition) is 3. The normalized spacial score (nSPS) is 28.1. The second kappa shape index (κ2) is 5.08. The average molecular weight is 224 g/mol. The Morgan fingerprint density at radius 3 is 3.00 bits per heavy atom. The third-order valence-corrected chi connectivity index (χ3v) is 4.52. The lowest BCUT2D eigenvalue weighted by molar-refractivity contribution is 0.309. The monoisotopic (exact) mass is 224 g/mol. The van der Waals surface area contributed by atoms with Gasteiger partial charge in [0.1, 0.15) is 0 Å². The first-order chi connectivity index (χ1) is 7.31. The van der Waals surface area contributed by atoms with Crippen molar-refractivity contribution in [1.82, 2.24) is 10.3 Å². The van der Waals surface area contributed by atoms with Crippen LogP contribution in [0.4, 0.5) is 0 Å². The maximum Gasteiger partial charge on any atom is 0.0794 e. The van der Waals surface area contributed by atoms with Gasteiger partial charge in [0.2, 0.25) is 0 Å². The number of nitrogens with one attached hydrogen (secondary N) is 1. The summed E-state index contributed by atoms with van der Waals surface area (Å²) in [6, 6.07) is 0.642. The first-order valence-electron chi connectivity index (χ1n) is 5.86. The summed E-state index contributed by atoms with van der Waals surface area (Å²) in [5.41, 5.74) is 1.93. The lowest BCUT2D eigenvalue weighted by Gasteiger charge is -2.26. The highest BCUT2D eigenvalue weighted by molar-refractivity contribution is 7.09. The highest BCUT2D eigenvalue weighted by Crippen LogP contribution is 2.34. The largest absolute Gasteiger partial charge is 0.316 e. The number of aromatic nitrogens is 1. The Labute approximate surface area is 96.1 Å². The first-order valence-corrected chi connectivity index (χ1v) is 6.74. The zero-order valence-electron chi connectivity index (χ0n) is 9.57. The van der Waals surface area contributed by atoms with Gasteiger partial charge in [-0.25, -0.2) is 0 Å². The van der Waals surface area contributed by atoms with Gasteiger partial charge in [-0.15, -0.1) is 11.3 Å². The smallest absolute Gasteiger partial charge is 0.0794 e. The topological polar surface area (TPSA) is 24.9 Å². The minimum atomic E-state index is 0.642. The molecule has 2 rings (SSSR count). The SMILES string of the molecule is CNC(Cc1cncs1)C1CCCC1C. The zero-order valence-corrected chi connectivity index (χ0v) is 10.4. The highest BCUT2D eigenvalue weighted by atomic mass is 32.1. The van der Waals surface area contributed by atoms with Crippen LogP contribution >= 0.6 is 11.3 Å². The standard InChI is InChI=1S/C12H20N2S/c1-9-4-3-5-11(9)12(13-2)6-10-7-14-8-15-10/h7-9,11-13H,3-6H2,1-2H3. The van der Waals surface area contributed by atoms with Crippen molar-refractivity contribution in [2.45, 2.75) is 38.6 Å². The van der Waals surface area contributed by atoms with Gasteiger partial charge in [-0.3, -0.25) is 4.98 Å². The van der Waals surface area contributed by atoms with E-state index < -0.39 is 0 Å². The Hall–Kier alpha value is -0.410. The Morgan fingerprint density at radius 2 is 2.47 bits per heavy atom. The molecule has 84 valence electrons. The van der Waals surface area contributed by atoms with Crippen molar-refractivity contribution in [3.8, 4) is 0 Å². The molecule has 0 saturated heterocycles. The predicted molar refractivity (Wildman–Crippen MR) is 65.2 cm³/mol. The number of hydrogen-bond donors (Lipinski definition) is 1. The van der Waals surface area contributed by atoms with Gasteiger partial charge in [-0.1, -0.05) is 19.8 Å². The van der Waals surface area contributed by atoms with Crippen LogP contribution in [0, 0.1) is 11.8 Å². The maximum atomic E-state index is 4.15.